The summed E-state index contributed by atoms with van der Waals surface area (Å²) in [5, 5.41) is 3.55. The van der Waals surface area contributed by atoms with E-state index in [1.807, 2.05) is 0 Å². The van der Waals surface area contributed by atoms with Gasteiger partial charge in [-0.05, 0) is 0 Å². The number of hydrogen-bond acceptors (Lipinski definition) is 4. The second-order valence-corrected chi connectivity index (χ2v) is 3.25. The zero-order valence-electron chi connectivity index (χ0n) is 8.00. The Morgan fingerprint density at radius 2 is 1.93 bits per heavy atom. The topological polar surface area (TPSA) is 30.5 Å². The van der Waals surface area contributed by atoms with Gasteiger partial charge in [0.05, 0.1) is 30.8 Å². The number of hydrogen-bond donors (Lipinski definition) is 2. The SMILES string of the molecule is COc1cc(NCS)c(OC)cc1Cl. The normalized spacial score (nSPS) is 9.71. The van der Waals surface area contributed by atoms with E-state index in [-0.39, 0.29) is 0 Å². The Bertz CT molecular complexity index is 320. The number of halogens is 1. The van der Waals surface area contributed by atoms with Gasteiger partial charge in [-0.2, -0.15) is 12.6 Å². The lowest BCUT2D eigenvalue weighted by Gasteiger charge is -2.12. The van der Waals surface area contributed by atoms with Crippen molar-refractivity contribution in [2.75, 3.05) is 25.4 Å². The Hall–Kier alpha value is -0.740. The third-order valence-corrected chi connectivity index (χ3v) is 2.20. The van der Waals surface area contributed by atoms with Crippen molar-refractivity contribution < 1.29 is 9.47 Å². The predicted octanol–water partition coefficient (Wildman–Crippen LogP) is 2.66. The van der Waals surface area contributed by atoms with Gasteiger partial charge in [-0.15, -0.1) is 0 Å². The molecular weight excluding hydrogens is 222 g/mol. The monoisotopic (exact) mass is 233 g/mol. The molecular formula is C9H12ClNO2S. The maximum Gasteiger partial charge on any atom is 0.143 e. The molecule has 0 amide bonds. The molecule has 14 heavy (non-hydrogen) atoms. The van der Waals surface area contributed by atoms with Crippen molar-refractivity contribution in [3.8, 4) is 11.5 Å². The quantitative estimate of drug-likeness (QED) is 0.619. The first-order valence-corrected chi connectivity index (χ1v) is 5.00. The van der Waals surface area contributed by atoms with E-state index in [9.17, 15) is 0 Å². The van der Waals surface area contributed by atoms with Crippen molar-refractivity contribution in [2.24, 2.45) is 0 Å². The standard InChI is InChI=1S/C9H12ClNO2S/c1-12-8-4-7(11-5-14)9(13-2)3-6(8)10/h3-4,11,14H,5H2,1-2H3. The first-order chi connectivity index (χ1) is 6.72. The molecule has 1 aromatic carbocycles. The summed E-state index contributed by atoms with van der Waals surface area (Å²) in [5.41, 5.74) is 0.809. The fourth-order valence-corrected chi connectivity index (χ4v) is 1.48. The highest BCUT2D eigenvalue weighted by atomic mass is 35.5. The summed E-state index contributed by atoms with van der Waals surface area (Å²) in [6, 6.07) is 3.48. The third kappa shape index (κ3) is 2.39. The summed E-state index contributed by atoms with van der Waals surface area (Å²) in [7, 11) is 3.15. The van der Waals surface area contributed by atoms with Crippen LogP contribution in [0.4, 0.5) is 5.69 Å². The number of ether oxygens (including phenoxy) is 2. The fourth-order valence-electron chi connectivity index (χ4n) is 1.08. The molecule has 0 spiro atoms. The molecule has 0 aliphatic heterocycles. The lowest BCUT2D eigenvalue weighted by molar-refractivity contribution is 0.405. The van der Waals surface area contributed by atoms with E-state index in [0.717, 1.165) is 5.69 Å². The molecule has 1 N–H and O–H groups in total. The summed E-state index contributed by atoms with van der Waals surface area (Å²) in [6.45, 7) is 0. The average molecular weight is 234 g/mol. The van der Waals surface area contributed by atoms with Crippen LogP contribution in [-0.2, 0) is 0 Å². The first-order valence-electron chi connectivity index (χ1n) is 3.99. The van der Waals surface area contributed by atoms with E-state index < -0.39 is 0 Å². The summed E-state index contributed by atoms with van der Waals surface area (Å²) < 4.78 is 10.2. The molecule has 0 unspecified atom stereocenters. The predicted molar refractivity (Wildman–Crippen MR) is 62.0 cm³/mol. The van der Waals surface area contributed by atoms with Gasteiger partial charge >= 0.3 is 0 Å². The smallest absolute Gasteiger partial charge is 0.143 e. The summed E-state index contributed by atoms with van der Waals surface area (Å²) >= 11 is 10.00. The van der Waals surface area contributed by atoms with Gasteiger partial charge in [-0.3, -0.25) is 0 Å². The van der Waals surface area contributed by atoms with E-state index in [4.69, 9.17) is 21.1 Å². The molecule has 0 radical (unpaired) electrons. The van der Waals surface area contributed by atoms with Crippen molar-refractivity contribution in [3.05, 3.63) is 17.2 Å². The summed E-state index contributed by atoms with van der Waals surface area (Å²) in [6.07, 6.45) is 0. The largest absolute Gasteiger partial charge is 0.495 e. The maximum atomic E-state index is 5.93. The van der Waals surface area contributed by atoms with E-state index in [0.29, 0.717) is 22.4 Å². The van der Waals surface area contributed by atoms with Crippen LogP contribution in [0, 0.1) is 0 Å². The third-order valence-electron chi connectivity index (χ3n) is 1.74. The number of thiol groups is 1. The maximum absolute atomic E-state index is 5.93. The molecule has 3 nitrogen and oxygen atoms in total. The second-order valence-electron chi connectivity index (χ2n) is 2.52. The molecule has 1 aromatic rings. The van der Waals surface area contributed by atoms with Gasteiger partial charge in [-0.1, -0.05) is 11.6 Å². The van der Waals surface area contributed by atoms with Crippen LogP contribution in [0.2, 0.25) is 5.02 Å². The van der Waals surface area contributed by atoms with Gasteiger partial charge in [0.25, 0.3) is 0 Å². The van der Waals surface area contributed by atoms with E-state index in [2.05, 4.69) is 17.9 Å². The minimum absolute atomic E-state index is 0.515. The van der Waals surface area contributed by atoms with Gasteiger partial charge in [-0.25, -0.2) is 0 Å². The number of rotatable bonds is 4. The highest BCUT2D eigenvalue weighted by Gasteiger charge is 2.08. The average Bonchev–Trinajstić information content (AvgIpc) is 2.20. The molecule has 0 saturated carbocycles. The zero-order valence-corrected chi connectivity index (χ0v) is 9.65. The Morgan fingerprint density at radius 3 is 2.43 bits per heavy atom. The molecule has 0 heterocycles. The minimum atomic E-state index is 0.515. The summed E-state index contributed by atoms with van der Waals surface area (Å²) in [5.74, 6) is 1.79. The fraction of sp³-hybridized carbons (Fsp3) is 0.333. The molecule has 78 valence electrons. The molecule has 0 aromatic heterocycles. The van der Waals surface area contributed by atoms with Crippen molar-refractivity contribution in [3.63, 3.8) is 0 Å². The van der Waals surface area contributed by atoms with Crippen molar-refractivity contribution in [1.82, 2.24) is 0 Å². The van der Waals surface area contributed by atoms with Crippen LogP contribution in [0.1, 0.15) is 0 Å². The summed E-state index contributed by atoms with van der Waals surface area (Å²) in [4.78, 5) is 0. The van der Waals surface area contributed by atoms with Crippen LogP contribution in [0.15, 0.2) is 12.1 Å². The van der Waals surface area contributed by atoms with Gasteiger partial charge in [0, 0.05) is 12.1 Å². The van der Waals surface area contributed by atoms with Crippen LogP contribution in [-0.4, -0.2) is 20.1 Å². The molecule has 0 saturated heterocycles. The van der Waals surface area contributed by atoms with Crippen LogP contribution >= 0.6 is 24.2 Å². The molecule has 1 rings (SSSR count). The highest BCUT2D eigenvalue weighted by Crippen LogP contribution is 2.35. The van der Waals surface area contributed by atoms with Crippen LogP contribution in [0.25, 0.3) is 0 Å². The molecule has 0 atom stereocenters. The lowest BCUT2D eigenvalue weighted by atomic mass is 10.2. The van der Waals surface area contributed by atoms with Crippen LogP contribution in [0.5, 0.6) is 11.5 Å². The van der Waals surface area contributed by atoms with Gasteiger partial charge < -0.3 is 14.8 Å². The van der Waals surface area contributed by atoms with E-state index in [1.165, 1.54) is 0 Å². The van der Waals surface area contributed by atoms with E-state index >= 15 is 0 Å². The number of methoxy groups -OCH3 is 2. The molecule has 0 bridgehead atoms. The Kier molecular flexibility index (Phi) is 4.22. The van der Waals surface area contributed by atoms with Gasteiger partial charge in [0.15, 0.2) is 0 Å². The van der Waals surface area contributed by atoms with Crippen molar-refractivity contribution >= 4 is 29.9 Å². The zero-order chi connectivity index (χ0) is 10.6. The van der Waals surface area contributed by atoms with Crippen molar-refractivity contribution in [1.29, 1.82) is 0 Å². The number of benzene rings is 1. The van der Waals surface area contributed by atoms with Gasteiger partial charge in [0.1, 0.15) is 11.5 Å². The van der Waals surface area contributed by atoms with Crippen LogP contribution < -0.4 is 14.8 Å². The van der Waals surface area contributed by atoms with Crippen LogP contribution in [0.3, 0.4) is 0 Å². The van der Waals surface area contributed by atoms with E-state index in [1.54, 1.807) is 26.4 Å². The van der Waals surface area contributed by atoms with Gasteiger partial charge in [0.2, 0.25) is 0 Å². The number of nitrogens with one attached hydrogen (secondary N) is 1. The number of anilines is 1. The highest BCUT2D eigenvalue weighted by molar-refractivity contribution is 7.80. The Balaban J connectivity index is 3.11. The molecule has 5 heteroatoms. The molecule has 0 fully saturated rings. The second kappa shape index (κ2) is 5.22. The Labute approximate surface area is 93.8 Å². The van der Waals surface area contributed by atoms with Crippen molar-refractivity contribution in [2.45, 2.75) is 0 Å². The minimum Gasteiger partial charge on any atom is -0.495 e. The lowest BCUT2D eigenvalue weighted by Crippen LogP contribution is -1.98. The Morgan fingerprint density at radius 1 is 1.29 bits per heavy atom. The first kappa shape index (κ1) is 11.3. The molecule has 0 aliphatic carbocycles. The molecule has 0 aliphatic rings.